The highest BCUT2D eigenvalue weighted by molar-refractivity contribution is 5.94. The summed E-state index contributed by atoms with van der Waals surface area (Å²) in [7, 11) is 0. The molecule has 0 spiro atoms. The number of hydrogen-bond donors (Lipinski definition) is 1. The standard InChI is InChI=1S/C16H22N2O3/c1-12(2)13-3-5-14(6-4-13)16(20)17-7-8-18-9-10-21-11-15(18)19/h3-6,12H,7-11H2,1-2H3,(H,17,20). The highest BCUT2D eigenvalue weighted by Gasteiger charge is 2.18. The lowest BCUT2D eigenvalue weighted by molar-refractivity contribution is -0.142. The van der Waals surface area contributed by atoms with E-state index in [2.05, 4.69) is 19.2 Å². The summed E-state index contributed by atoms with van der Waals surface area (Å²) in [5.41, 5.74) is 1.86. The fourth-order valence-corrected chi connectivity index (χ4v) is 2.21. The molecule has 1 aromatic rings. The van der Waals surface area contributed by atoms with Crippen LogP contribution in [0, 0.1) is 0 Å². The molecule has 21 heavy (non-hydrogen) atoms. The average molecular weight is 290 g/mol. The van der Waals surface area contributed by atoms with Crippen molar-refractivity contribution >= 4 is 11.8 Å². The maximum atomic E-state index is 12.0. The molecule has 1 N–H and O–H groups in total. The van der Waals surface area contributed by atoms with Crippen LogP contribution in [0.15, 0.2) is 24.3 Å². The summed E-state index contributed by atoms with van der Waals surface area (Å²) >= 11 is 0. The molecule has 0 aliphatic carbocycles. The Morgan fingerprint density at radius 2 is 2.05 bits per heavy atom. The van der Waals surface area contributed by atoms with Crippen molar-refractivity contribution in [1.82, 2.24) is 10.2 Å². The molecule has 5 heteroatoms. The summed E-state index contributed by atoms with van der Waals surface area (Å²) in [6.07, 6.45) is 0. The molecule has 0 radical (unpaired) electrons. The van der Waals surface area contributed by atoms with Crippen LogP contribution >= 0.6 is 0 Å². The number of rotatable bonds is 5. The Kier molecular flexibility index (Phi) is 5.33. The van der Waals surface area contributed by atoms with Gasteiger partial charge >= 0.3 is 0 Å². The van der Waals surface area contributed by atoms with Gasteiger partial charge in [0.25, 0.3) is 5.91 Å². The minimum atomic E-state index is -0.106. The van der Waals surface area contributed by atoms with Crippen molar-refractivity contribution in [2.45, 2.75) is 19.8 Å². The van der Waals surface area contributed by atoms with Crippen molar-refractivity contribution in [2.24, 2.45) is 0 Å². The van der Waals surface area contributed by atoms with Crippen LogP contribution in [0.1, 0.15) is 35.7 Å². The Morgan fingerprint density at radius 3 is 2.67 bits per heavy atom. The molecular weight excluding hydrogens is 268 g/mol. The minimum Gasteiger partial charge on any atom is -0.370 e. The second kappa shape index (κ2) is 7.22. The molecule has 0 unspecified atom stereocenters. The monoisotopic (exact) mass is 290 g/mol. The molecular formula is C16H22N2O3. The first-order valence-electron chi connectivity index (χ1n) is 7.31. The number of carbonyl (C=O) groups is 2. The first-order valence-corrected chi connectivity index (χ1v) is 7.31. The Bertz CT molecular complexity index is 497. The number of nitrogens with zero attached hydrogens (tertiary/aromatic N) is 1. The molecule has 0 aromatic heterocycles. The third-order valence-corrected chi connectivity index (χ3v) is 3.59. The highest BCUT2D eigenvalue weighted by atomic mass is 16.5. The molecule has 2 rings (SSSR count). The van der Waals surface area contributed by atoms with Gasteiger partial charge in [-0.25, -0.2) is 0 Å². The molecule has 0 saturated carbocycles. The summed E-state index contributed by atoms with van der Waals surface area (Å²) in [4.78, 5) is 25.3. The fraction of sp³-hybridized carbons (Fsp3) is 0.500. The smallest absolute Gasteiger partial charge is 0.251 e. The van der Waals surface area contributed by atoms with E-state index in [1.54, 1.807) is 4.90 Å². The fourth-order valence-electron chi connectivity index (χ4n) is 2.21. The summed E-state index contributed by atoms with van der Waals surface area (Å²) in [5.74, 6) is 0.331. The Balaban J connectivity index is 1.80. The van der Waals surface area contributed by atoms with E-state index in [0.29, 0.717) is 37.7 Å². The van der Waals surface area contributed by atoms with Gasteiger partial charge in [-0.1, -0.05) is 26.0 Å². The Hall–Kier alpha value is -1.88. The van der Waals surface area contributed by atoms with Crippen molar-refractivity contribution in [3.05, 3.63) is 35.4 Å². The lowest BCUT2D eigenvalue weighted by Gasteiger charge is -2.26. The molecule has 1 heterocycles. The molecule has 5 nitrogen and oxygen atoms in total. The summed E-state index contributed by atoms with van der Waals surface area (Å²) in [6.45, 7) is 6.52. The van der Waals surface area contributed by atoms with E-state index in [1.807, 2.05) is 24.3 Å². The van der Waals surface area contributed by atoms with Gasteiger partial charge in [0.15, 0.2) is 0 Å². The van der Waals surface area contributed by atoms with Gasteiger partial charge in [0.2, 0.25) is 5.91 Å². The van der Waals surface area contributed by atoms with Gasteiger partial charge in [-0.15, -0.1) is 0 Å². The van der Waals surface area contributed by atoms with Crippen LogP contribution in [0.4, 0.5) is 0 Å². The number of hydrogen-bond acceptors (Lipinski definition) is 3. The number of ether oxygens (including phenoxy) is 1. The minimum absolute atomic E-state index is 0.0169. The number of amides is 2. The van der Waals surface area contributed by atoms with Gasteiger partial charge < -0.3 is 15.0 Å². The van der Waals surface area contributed by atoms with Crippen LogP contribution in [-0.2, 0) is 9.53 Å². The van der Waals surface area contributed by atoms with E-state index in [4.69, 9.17) is 4.74 Å². The van der Waals surface area contributed by atoms with Gasteiger partial charge in [0.05, 0.1) is 6.61 Å². The second-order valence-corrected chi connectivity index (χ2v) is 5.47. The molecule has 2 amide bonds. The normalized spacial score (nSPS) is 15.4. The molecule has 1 aliphatic rings. The third kappa shape index (κ3) is 4.29. The lowest BCUT2D eigenvalue weighted by atomic mass is 10.0. The van der Waals surface area contributed by atoms with Crippen molar-refractivity contribution in [3.63, 3.8) is 0 Å². The number of morpholine rings is 1. The molecule has 1 aliphatic heterocycles. The van der Waals surface area contributed by atoms with E-state index in [1.165, 1.54) is 5.56 Å². The molecule has 1 saturated heterocycles. The maximum Gasteiger partial charge on any atom is 0.251 e. The van der Waals surface area contributed by atoms with Gasteiger partial charge in [0, 0.05) is 25.2 Å². The zero-order valence-electron chi connectivity index (χ0n) is 12.6. The van der Waals surface area contributed by atoms with Gasteiger partial charge in [-0.2, -0.15) is 0 Å². The highest BCUT2D eigenvalue weighted by Crippen LogP contribution is 2.14. The second-order valence-electron chi connectivity index (χ2n) is 5.47. The van der Waals surface area contributed by atoms with Gasteiger partial charge in [-0.3, -0.25) is 9.59 Å². The average Bonchev–Trinajstić information content (AvgIpc) is 2.49. The van der Waals surface area contributed by atoms with Crippen LogP contribution < -0.4 is 5.32 Å². The predicted octanol–water partition coefficient (Wildman–Crippen LogP) is 1.40. The summed E-state index contributed by atoms with van der Waals surface area (Å²) in [6, 6.07) is 7.63. The van der Waals surface area contributed by atoms with Gasteiger partial charge in [-0.05, 0) is 23.6 Å². The van der Waals surface area contributed by atoms with Crippen molar-refractivity contribution in [1.29, 1.82) is 0 Å². The number of nitrogens with one attached hydrogen (secondary N) is 1. The first kappa shape index (κ1) is 15.5. The topological polar surface area (TPSA) is 58.6 Å². The van der Waals surface area contributed by atoms with Crippen molar-refractivity contribution < 1.29 is 14.3 Å². The Labute approximate surface area is 125 Å². The number of benzene rings is 1. The van der Waals surface area contributed by atoms with E-state index >= 15 is 0 Å². The largest absolute Gasteiger partial charge is 0.370 e. The quantitative estimate of drug-likeness (QED) is 0.891. The molecule has 1 aromatic carbocycles. The maximum absolute atomic E-state index is 12.0. The zero-order chi connectivity index (χ0) is 15.2. The van der Waals surface area contributed by atoms with Gasteiger partial charge in [0.1, 0.15) is 6.61 Å². The first-order chi connectivity index (χ1) is 10.1. The van der Waals surface area contributed by atoms with E-state index in [9.17, 15) is 9.59 Å². The molecule has 0 atom stereocenters. The van der Waals surface area contributed by atoms with E-state index in [0.717, 1.165) is 0 Å². The van der Waals surface area contributed by atoms with Crippen molar-refractivity contribution in [2.75, 3.05) is 32.8 Å². The number of carbonyl (C=O) groups excluding carboxylic acids is 2. The molecule has 114 valence electrons. The lowest BCUT2D eigenvalue weighted by Crippen LogP contribution is -2.45. The third-order valence-electron chi connectivity index (χ3n) is 3.59. The SMILES string of the molecule is CC(C)c1ccc(C(=O)NCCN2CCOCC2=O)cc1. The molecule has 1 fully saturated rings. The zero-order valence-corrected chi connectivity index (χ0v) is 12.6. The Morgan fingerprint density at radius 1 is 1.33 bits per heavy atom. The molecule has 0 bridgehead atoms. The van der Waals surface area contributed by atoms with E-state index in [-0.39, 0.29) is 18.4 Å². The van der Waals surface area contributed by atoms with Crippen molar-refractivity contribution in [3.8, 4) is 0 Å². The van der Waals surface area contributed by atoms with Crippen LogP contribution in [0.5, 0.6) is 0 Å². The van der Waals surface area contributed by atoms with Crippen LogP contribution in [0.25, 0.3) is 0 Å². The van der Waals surface area contributed by atoms with E-state index < -0.39 is 0 Å². The van der Waals surface area contributed by atoms with Crippen LogP contribution in [0.3, 0.4) is 0 Å². The predicted molar refractivity (Wildman–Crippen MR) is 80.3 cm³/mol. The summed E-state index contributed by atoms with van der Waals surface area (Å²) < 4.78 is 5.06. The van der Waals surface area contributed by atoms with Crippen LogP contribution in [0.2, 0.25) is 0 Å². The summed E-state index contributed by atoms with van der Waals surface area (Å²) in [5, 5.41) is 2.84. The van der Waals surface area contributed by atoms with Crippen LogP contribution in [-0.4, -0.2) is 49.6 Å².